The number of nitrogens with one attached hydrogen (secondary N) is 1. The predicted octanol–water partition coefficient (Wildman–Crippen LogP) is 5.86. The number of likely N-dealkylation sites (N-methyl/N-ethyl adjacent to an activating group) is 1. The van der Waals surface area contributed by atoms with Crippen LogP contribution in [0.15, 0.2) is 57.7 Å². The van der Waals surface area contributed by atoms with E-state index in [2.05, 4.69) is 39.3 Å². The number of benzene rings is 2. The van der Waals surface area contributed by atoms with Crippen LogP contribution >= 0.6 is 11.6 Å². The van der Waals surface area contributed by atoms with Crippen LogP contribution in [0.2, 0.25) is 5.15 Å². The molecule has 5 rings (SSSR count). The summed E-state index contributed by atoms with van der Waals surface area (Å²) in [6, 6.07) is 15.3. The molecule has 0 bridgehead atoms. The lowest BCUT2D eigenvalue weighted by Gasteiger charge is -2.32. The van der Waals surface area contributed by atoms with E-state index < -0.39 is 0 Å². The number of aromatic nitrogens is 1. The first-order chi connectivity index (χ1) is 18.7. The van der Waals surface area contributed by atoms with Crippen LogP contribution in [0.5, 0.6) is 0 Å². The third kappa shape index (κ3) is 5.76. The number of carbonyl (C=O) groups excluding carboxylic acids is 1. The Morgan fingerprint density at radius 1 is 1.08 bits per heavy atom. The van der Waals surface area contributed by atoms with Crippen molar-refractivity contribution in [2.24, 2.45) is 0 Å². The molecule has 1 aliphatic rings. The van der Waals surface area contributed by atoms with E-state index in [0.29, 0.717) is 34.3 Å². The number of hydrogen-bond acceptors (Lipinski definition) is 7. The van der Waals surface area contributed by atoms with Gasteiger partial charge >= 0.3 is 0 Å². The number of pyridine rings is 1. The van der Waals surface area contributed by atoms with Crippen molar-refractivity contribution in [2.75, 3.05) is 38.5 Å². The quantitative estimate of drug-likeness (QED) is 0.231. The van der Waals surface area contributed by atoms with Crippen molar-refractivity contribution in [2.45, 2.75) is 33.4 Å². The van der Waals surface area contributed by atoms with Crippen LogP contribution in [-0.2, 0) is 6.54 Å². The van der Waals surface area contributed by atoms with Gasteiger partial charge < -0.3 is 14.6 Å². The van der Waals surface area contributed by atoms with Gasteiger partial charge in [-0.25, -0.2) is 4.98 Å². The van der Waals surface area contributed by atoms with Crippen molar-refractivity contribution in [3.8, 4) is 11.3 Å². The van der Waals surface area contributed by atoms with Gasteiger partial charge in [-0.3, -0.25) is 14.5 Å². The highest BCUT2D eigenvalue weighted by molar-refractivity contribution is 6.29. The Hall–Kier alpha value is -3.52. The second-order valence-corrected chi connectivity index (χ2v) is 10.8. The first-order valence-corrected chi connectivity index (χ1v) is 13.6. The summed E-state index contributed by atoms with van der Waals surface area (Å²) in [5, 5.41) is 4.13. The second-order valence-electron chi connectivity index (χ2n) is 10.4. The zero-order chi connectivity index (χ0) is 27.7. The standard InChI is InChI=1S/C31H33ClN4O3/c1-19-15-24(21(3)33-26-9-10-28(32)34-27(26)18-37)31-25(16-19)29(38)20(2)30(39-31)23-7-5-22(6-8-23)17-36-13-11-35(4)12-14-36/h5-10,15-16,18,21,33H,11-14,17H2,1-4H3. The molecule has 0 saturated carbocycles. The number of nitrogens with zero attached hydrogens (tertiary/aromatic N) is 3. The maximum Gasteiger partial charge on any atom is 0.196 e. The Bertz CT molecular complexity index is 1570. The molecule has 1 aliphatic heterocycles. The van der Waals surface area contributed by atoms with E-state index in [9.17, 15) is 9.59 Å². The lowest BCUT2D eigenvalue weighted by molar-refractivity contribution is 0.112. The number of aldehydes is 1. The number of piperazine rings is 1. The molecule has 1 N–H and O–H groups in total. The molecule has 0 spiro atoms. The minimum absolute atomic E-state index is 0.0494. The molecule has 0 radical (unpaired) electrons. The average molecular weight is 545 g/mol. The molecule has 1 unspecified atom stereocenters. The van der Waals surface area contributed by atoms with Gasteiger partial charge in [0.1, 0.15) is 22.2 Å². The summed E-state index contributed by atoms with van der Waals surface area (Å²) >= 11 is 5.97. The normalized spacial score (nSPS) is 15.4. The summed E-state index contributed by atoms with van der Waals surface area (Å²) in [4.78, 5) is 34.0. The van der Waals surface area contributed by atoms with Crippen LogP contribution in [0.25, 0.3) is 22.3 Å². The second kappa shape index (κ2) is 11.3. The molecule has 2 aromatic carbocycles. The third-order valence-electron chi connectivity index (χ3n) is 7.45. The molecule has 1 fully saturated rings. The number of rotatable bonds is 7. The summed E-state index contributed by atoms with van der Waals surface area (Å²) in [5.74, 6) is 0.567. The van der Waals surface area contributed by atoms with Gasteiger partial charge in [0.25, 0.3) is 0 Å². The molecule has 3 heterocycles. The summed E-state index contributed by atoms with van der Waals surface area (Å²) in [5.41, 5.74) is 5.71. The first-order valence-electron chi connectivity index (χ1n) is 13.2. The van der Waals surface area contributed by atoms with E-state index in [-0.39, 0.29) is 22.3 Å². The Kier molecular flexibility index (Phi) is 7.84. The Morgan fingerprint density at radius 3 is 2.49 bits per heavy atom. The van der Waals surface area contributed by atoms with Crippen molar-refractivity contribution in [3.05, 3.63) is 91.9 Å². The summed E-state index contributed by atoms with van der Waals surface area (Å²) in [7, 11) is 2.16. The van der Waals surface area contributed by atoms with Gasteiger partial charge in [-0.15, -0.1) is 0 Å². The number of carbonyl (C=O) groups is 1. The molecule has 202 valence electrons. The minimum atomic E-state index is -0.279. The Labute approximate surface area is 233 Å². The molecular weight excluding hydrogens is 512 g/mol. The molecule has 39 heavy (non-hydrogen) atoms. The highest BCUT2D eigenvalue weighted by Gasteiger charge is 2.20. The monoisotopic (exact) mass is 544 g/mol. The van der Waals surface area contributed by atoms with Crippen molar-refractivity contribution < 1.29 is 9.21 Å². The van der Waals surface area contributed by atoms with Gasteiger partial charge in [0.2, 0.25) is 0 Å². The zero-order valence-electron chi connectivity index (χ0n) is 22.8. The van der Waals surface area contributed by atoms with Gasteiger partial charge in [-0.1, -0.05) is 41.9 Å². The number of fused-ring (bicyclic) bond motifs is 1. The van der Waals surface area contributed by atoms with Crippen LogP contribution in [0.4, 0.5) is 5.69 Å². The lowest BCUT2D eigenvalue weighted by Crippen LogP contribution is -2.43. The third-order valence-corrected chi connectivity index (χ3v) is 7.66. The van der Waals surface area contributed by atoms with Crippen LogP contribution in [0, 0.1) is 13.8 Å². The van der Waals surface area contributed by atoms with Gasteiger partial charge in [-0.2, -0.15) is 0 Å². The highest BCUT2D eigenvalue weighted by Crippen LogP contribution is 2.33. The minimum Gasteiger partial charge on any atom is -0.455 e. The fourth-order valence-corrected chi connectivity index (χ4v) is 5.32. The van der Waals surface area contributed by atoms with E-state index in [1.54, 1.807) is 12.1 Å². The lowest BCUT2D eigenvalue weighted by atomic mass is 9.98. The van der Waals surface area contributed by atoms with Crippen LogP contribution in [0.1, 0.15) is 45.7 Å². The average Bonchev–Trinajstić information content (AvgIpc) is 2.93. The molecule has 4 aromatic rings. The molecule has 1 atom stereocenters. The van der Waals surface area contributed by atoms with Gasteiger partial charge in [-0.05, 0) is 57.1 Å². The van der Waals surface area contributed by atoms with Crippen molar-refractivity contribution >= 4 is 34.5 Å². The van der Waals surface area contributed by atoms with Crippen LogP contribution in [-0.4, -0.2) is 54.3 Å². The summed E-state index contributed by atoms with van der Waals surface area (Å²) < 4.78 is 6.52. The zero-order valence-corrected chi connectivity index (χ0v) is 23.5. The molecule has 8 heteroatoms. The first kappa shape index (κ1) is 27.1. The SMILES string of the molecule is Cc1cc(C(C)Nc2ccc(Cl)nc2C=O)c2oc(-c3ccc(CN4CCN(C)CC4)cc3)c(C)c(=O)c2c1. The van der Waals surface area contributed by atoms with Gasteiger partial charge in [0.05, 0.1) is 17.1 Å². The fraction of sp³-hybridized carbons (Fsp3) is 0.323. The smallest absolute Gasteiger partial charge is 0.196 e. The van der Waals surface area contributed by atoms with E-state index >= 15 is 0 Å². The molecule has 0 amide bonds. The van der Waals surface area contributed by atoms with Crippen molar-refractivity contribution in [3.63, 3.8) is 0 Å². The van der Waals surface area contributed by atoms with Crippen molar-refractivity contribution in [1.82, 2.24) is 14.8 Å². The summed E-state index contributed by atoms with van der Waals surface area (Å²) in [6.45, 7) is 10.9. The number of hydrogen-bond donors (Lipinski definition) is 1. The van der Waals surface area contributed by atoms with Crippen molar-refractivity contribution in [1.29, 1.82) is 0 Å². The number of halogens is 1. The molecule has 2 aromatic heterocycles. The molecule has 7 nitrogen and oxygen atoms in total. The Morgan fingerprint density at radius 2 is 1.79 bits per heavy atom. The fourth-order valence-electron chi connectivity index (χ4n) is 5.16. The molecule has 1 saturated heterocycles. The van der Waals surface area contributed by atoms with E-state index in [0.717, 1.165) is 49.4 Å². The molecule has 0 aliphatic carbocycles. The number of aryl methyl sites for hydroxylation is 1. The molecular formula is C31H33ClN4O3. The van der Waals surface area contributed by atoms with E-state index in [1.165, 1.54) is 5.56 Å². The van der Waals surface area contributed by atoms with Gasteiger partial charge in [0, 0.05) is 49.4 Å². The highest BCUT2D eigenvalue weighted by atomic mass is 35.5. The van der Waals surface area contributed by atoms with Crippen LogP contribution in [0.3, 0.4) is 0 Å². The topological polar surface area (TPSA) is 78.7 Å². The largest absolute Gasteiger partial charge is 0.455 e. The predicted molar refractivity (Wildman–Crippen MR) is 157 cm³/mol. The summed E-state index contributed by atoms with van der Waals surface area (Å²) in [6.07, 6.45) is 0.671. The Balaban J connectivity index is 1.49. The maximum atomic E-state index is 13.5. The van der Waals surface area contributed by atoms with E-state index in [1.807, 2.05) is 45.0 Å². The van der Waals surface area contributed by atoms with E-state index in [4.69, 9.17) is 16.0 Å². The maximum absolute atomic E-state index is 13.5. The van der Waals surface area contributed by atoms with Crippen LogP contribution < -0.4 is 10.7 Å². The van der Waals surface area contributed by atoms with Gasteiger partial charge in [0.15, 0.2) is 11.7 Å². The number of anilines is 1.